The second-order valence-electron chi connectivity index (χ2n) is 5.54. The molecule has 0 aliphatic carbocycles. The summed E-state index contributed by atoms with van der Waals surface area (Å²) in [6, 6.07) is 26.2. The summed E-state index contributed by atoms with van der Waals surface area (Å²) in [5.74, 6) is 0. The van der Waals surface area contributed by atoms with Crippen molar-refractivity contribution in [2.24, 2.45) is 0 Å². The molecule has 1 aromatic heterocycles. The molecule has 0 spiro atoms. The van der Waals surface area contributed by atoms with Crippen molar-refractivity contribution in [1.29, 1.82) is 0 Å². The molecule has 1 heterocycles. The molecule has 0 unspecified atom stereocenters. The minimum Gasteiger partial charge on any atom is -0.150 e. The second kappa shape index (κ2) is 6.94. The maximum Gasteiger partial charge on any atom is 0.121 e. The molecule has 3 aromatic carbocycles. The van der Waals surface area contributed by atoms with Crippen LogP contribution in [0.3, 0.4) is 0 Å². The van der Waals surface area contributed by atoms with Gasteiger partial charge in [0.15, 0.2) is 0 Å². The molecule has 0 saturated carbocycles. The molecule has 0 aliphatic heterocycles. The van der Waals surface area contributed by atoms with Gasteiger partial charge in [-0.15, -0.1) is 10.2 Å². The van der Waals surface area contributed by atoms with Crippen molar-refractivity contribution >= 4 is 31.9 Å². The van der Waals surface area contributed by atoms with E-state index in [4.69, 9.17) is 10.2 Å². The van der Waals surface area contributed by atoms with Gasteiger partial charge in [0.25, 0.3) is 0 Å². The predicted molar refractivity (Wildman–Crippen MR) is 108 cm³/mol. The van der Waals surface area contributed by atoms with Crippen molar-refractivity contribution < 1.29 is 0 Å². The van der Waals surface area contributed by atoms with Crippen molar-refractivity contribution in [2.45, 2.75) is 0 Å². The SMILES string of the molecule is Brc1ccc(-c2nn(-c3ccccc3)nc2-c2ccc(Br)cc2)cc1. The van der Waals surface area contributed by atoms with Gasteiger partial charge >= 0.3 is 0 Å². The molecule has 4 rings (SSSR count). The fourth-order valence-corrected chi connectivity index (χ4v) is 3.12. The summed E-state index contributed by atoms with van der Waals surface area (Å²) in [4.78, 5) is 1.69. The number of halogens is 2. The van der Waals surface area contributed by atoms with Crippen LogP contribution in [0.4, 0.5) is 0 Å². The number of aromatic nitrogens is 3. The zero-order valence-corrected chi connectivity index (χ0v) is 16.3. The quantitative estimate of drug-likeness (QED) is 0.373. The summed E-state index contributed by atoms with van der Waals surface area (Å²) in [6.07, 6.45) is 0. The third kappa shape index (κ3) is 3.43. The normalized spacial score (nSPS) is 10.8. The van der Waals surface area contributed by atoms with Crippen molar-refractivity contribution in [3.05, 3.63) is 87.8 Å². The van der Waals surface area contributed by atoms with E-state index in [1.165, 1.54) is 0 Å². The largest absolute Gasteiger partial charge is 0.150 e. The summed E-state index contributed by atoms with van der Waals surface area (Å²) in [5.41, 5.74) is 4.72. The average Bonchev–Trinajstić information content (AvgIpc) is 3.09. The number of rotatable bonds is 3. The summed E-state index contributed by atoms with van der Waals surface area (Å²) in [7, 11) is 0. The van der Waals surface area contributed by atoms with Crippen LogP contribution in [0.25, 0.3) is 28.2 Å². The molecule has 25 heavy (non-hydrogen) atoms. The smallest absolute Gasteiger partial charge is 0.121 e. The van der Waals surface area contributed by atoms with E-state index < -0.39 is 0 Å². The lowest BCUT2D eigenvalue weighted by Crippen LogP contribution is -1.98. The van der Waals surface area contributed by atoms with E-state index in [9.17, 15) is 0 Å². The molecule has 0 amide bonds. The van der Waals surface area contributed by atoms with Crippen LogP contribution in [0.1, 0.15) is 0 Å². The third-order valence-electron chi connectivity index (χ3n) is 3.84. The van der Waals surface area contributed by atoms with Gasteiger partial charge in [0.1, 0.15) is 11.4 Å². The van der Waals surface area contributed by atoms with Crippen LogP contribution >= 0.6 is 31.9 Å². The molecule has 0 saturated heterocycles. The first-order valence-electron chi connectivity index (χ1n) is 7.75. The molecule has 0 atom stereocenters. The molecular weight excluding hydrogens is 442 g/mol. The van der Waals surface area contributed by atoms with E-state index in [2.05, 4.69) is 31.9 Å². The standard InChI is InChI=1S/C20H13Br2N3/c21-16-10-6-14(7-11-16)19-20(15-8-12-17(22)13-9-15)24-25(23-19)18-4-2-1-3-5-18/h1-13H. The average molecular weight is 455 g/mol. The molecule has 0 fully saturated rings. The predicted octanol–water partition coefficient (Wildman–Crippen LogP) is 6.13. The Labute approximate surface area is 162 Å². The fourth-order valence-electron chi connectivity index (χ4n) is 2.59. The van der Waals surface area contributed by atoms with Crippen molar-refractivity contribution in [3.63, 3.8) is 0 Å². The molecule has 5 heteroatoms. The van der Waals surface area contributed by atoms with Gasteiger partial charge in [0, 0.05) is 20.1 Å². The van der Waals surface area contributed by atoms with Crippen LogP contribution in [0.15, 0.2) is 87.8 Å². The third-order valence-corrected chi connectivity index (χ3v) is 4.89. The van der Waals surface area contributed by atoms with E-state index in [1.807, 2.05) is 78.9 Å². The molecule has 0 aliphatic rings. The van der Waals surface area contributed by atoms with E-state index in [0.717, 1.165) is 37.1 Å². The zero-order chi connectivity index (χ0) is 17.2. The van der Waals surface area contributed by atoms with Gasteiger partial charge in [-0.1, -0.05) is 74.3 Å². The van der Waals surface area contributed by atoms with Gasteiger partial charge in [0.2, 0.25) is 0 Å². The highest BCUT2D eigenvalue weighted by atomic mass is 79.9. The van der Waals surface area contributed by atoms with Crippen LogP contribution in [0.2, 0.25) is 0 Å². The molecule has 3 nitrogen and oxygen atoms in total. The minimum atomic E-state index is 0.860. The van der Waals surface area contributed by atoms with Crippen LogP contribution in [0.5, 0.6) is 0 Å². The maximum atomic E-state index is 4.76. The molecule has 122 valence electrons. The van der Waals surface area contributed by atoms with Gasteiger partial charge in [-0.25, -0.2) is 0 Å². The lowest BCUT2D eigenvalue weighted by Gasteiger charge is -2.01. The Balaban J connectivity index is 1.89. The number of nitrogens with zero attached hydrogens (tertiary/aromatic N) is 3. The highest BCUT2D eigenvalue weighted by molar-refractivity contribution is 9.10. The first kappa shape index (κ1) is 16.2. The van der Waals surface area contributed by atoms with Crippen LogP contribution in [-0.4, -0.2) is 15.0 Å². The summed E-state index contributed by atoms with van der Waals surface area (Å²) in [6.45, 7) is 0. The Hall–Kier alpha value is -2.24. The minimum absolute atomic E-state index is 0.860. The Morgan fingerprint density at radius 1 is 0.560 bits per heavy atom. The summed E-state index contributed by atoms with van der Waals surface area (Å²) in [5, 5.41) is 9.52. The van der Waals surface area contributed by atoms with Crippen molar-refractivity contribution in [2.75, 3.05) is 0 Å². The summed E-state index contributed by atoms with van der Waals surface area (Å²) < 4.78 is 2.08. The Kier molecular flexibility index (Phi) is 4.51. The van der Waals surface area contributed by atoms with Crippen LogP contribution in [-0.2, 0) is 0 Å². The molecule has 0 bridgehead atoms. The Bertz CT molecular complexity index is 929. The van der Waals surface area contributed by atoms with Gasteiger partial charge in [-0.3, -0.25) is 0 Å². The number of hydrogen-bond acceptors (Lipinski definition) is 2. The van der Waals surface area contributed by atoms with E-state index in [0.29, 0.717) is 0 Å². The second-order valence-corrected chi connectivity index (χ2v) is 7.37. The topological polar surface area (TPSA) is 30.7 Å². The van der Waals surface area contributed by atoms with Gasteiger partial charge in [-0.05, 0) is 36.4 Å². The zero-order valence-electron chi connectivity index (χ0n) is 13.1. The molecular formula is C20H13Br2N3. The van der Waals surface area contributed by atoms with Gasteiger partial charge < -0.3 is 0 Å². The molecule has 0 N–H and O–H groups in total. The van der Waals surface area contributed by atoms with E-state index >= 15 is 0 Å². The Morgan fingerprint density at radius 3 is 1.44 bits per heavy atom. The summed E-state index contributed by atoms with van der Waals surface area (Å²) >= 11 is 6.97. The first-order valence-corrected chi connectivity index (χ1v) is 9.34. The lowest BCUT2D eigenvalue weighted by atomic mass is 10.1. The van der Waals surface area contributed by atoms with Crippen molar-refractivity contribution in [3.8, 4) is 28.2 Å². The van der Waals surface area contributed by atoms with Crippen molar-refractivity contribution in [1.82, 2.24) is 15.0 Å². The number of hydrogen-bond donors (Lipinski definition) is 0. The number of para-hydroxylation sites is 1. The van der Waals surface area contributed by atoms with E-state index in [1.54, 1.807) is 4.80 Å². The monoisotopic (exact) mass is 453 g/mol. The number of benzene rings is 3. The van der Waals surface area contributed by atoms with Gasteiger partial charge in [-0.2, -0.15) is 4.80 Å². The Morgan fingerprint density at radius 2 is 1.00 bits per heavy atom. The maximum absolute atomic E-state index is 4.76. The van der Waals surface area contributed by atoms with Gasteiger partial charge in [0.05, 0.1) is 5.69 Å². The van der Waals surface area contributed by atoms with Crippen LogP contribution < -0.4 is 0 Å². The van der Waals surface area contributed by atoms with E-state index in [-0.39, 0.29) is 0 Å². The van der Waals surface area contributed by atoms with Crippen LogP contribution in [0, 0.1) is 0 Å². The molecule has 4 aromatic rings. The highest BCUT2D eigenvalue weighted by Crippen LogP contribution is 2.31. The lowest BCUT2D eigenvalue weighted by molar-refractivity contribution is 0.755. The fraction of sp³-hybridized carbons (Fsp3) is 0. The first-order chi connectivity index (χ1) is 12.2. The highest BCUT2D eigenvalue weighted by Gasteiger charge is 2.16. The molecule has 0 radical (unpaired) electrons.